The van der Waals surface area contributed by atoms with Gasteiger partial charge in [-0.15, -0.1) is 0 Å². The molecule has 0 spiro atoms. The van der Waals surface area contributed by atoms with Crippen LogP contribution in [0.1, 0.15) is 53.9 Å². The van der Waals surface area contributed by atoms with Gasteiger partial charge in [-0.05, 0) is 44.0 Å². The first kappa shape index (κ1) is 27.3. The van der Waals surface area contributed by atoms with Crippen molar-refractivity contribution in [1.82, 2.24) is 10.3 Å². The molecule has 0 unspecified atom stereocenters. The minimum Gasteiger partial charge on any atom is -0.493 e. The van der Waals surface area contributed by atoms with Crippen molar-refractivity contribution >= 4 is 17.8 Å². The van der Waals surface area contributed by atoms with Crippen LogP contribution in [0.2, 0.25) is 0 Å². The topological polar surface area (TPSA) is 104 Å². The van der Waals surface area contributed by atoms with Gasteiger partial charge in [0.1, 0.15) is 18.0 Å². The highest BCUT2D eigenvalue weighted by Gasteiger charge is 2.29. The normalized spacial score (nSPS) is 13.1. The second-order valence-electron chi connectivity index (χ2n) is 8.56. The lowest BCUT2D eigenvalue weighted by Gasteiger charge is -2.26. The van der Waals surface area contributed by atoms with Crippen LogP contribution in [0.5, 0.6) is 11.5 Å². The Morgan fingerprint density at radius 2 is 1.54 bits per heavy atom. The second kappa shape index (κ2) is 12.1. The molecule has 9 heteroatoms. The van der Waals surface area contributed by atoms with E-state index in [9.17, 15) is 18.8 Å². The summed E-state index contributed by atoms with van der Waals surface area (Å²) in [6, 6.07) is 14.2. The summed E-state index contributed by atoms with van der Waals surface area (Å²) in [5, 5.41) is 2.53. The fourth-order valence-electron chi connectivity index (χ4n) is 3.85. The number of ether oxygens (including phenoxy) is 3. The van der Waals surface area contributed by atoms with Gasteiger partial charge in [0.2, 0.25) is 5.75 Å². The standard InChI is InChI=1S/C28H29FN2O6/c1-16-6-8-20(9-7-16)24(21-10-12-22(29)13-11-21)18(3)36-28(34)17(2)31-27(33)25-26(37-19(4)32)23(35-5)14-15-30-25/h6-15,17-18,24H,1-5H3,(H,31,33)/t17-,18-,24-/m0/s1. The third kappa shape index (κ3) is 6.91. The third-order valence-electron chi connectivity index (χ3n) is 5.69. The first-order chi connectivity index (χ1) is 17.6. The minimum absolute atomic E-state index is 0.138. The smallest absolute Gasteiger partial charge is 0.328 e. The number of halogens is 1. The molecule has 3 atom stereocenters. The van der Waals surface area contributed by atoms with Gasteiger partial charge in [0.05, 0.1) is 7.11 Å². The Kier molecular flexibility index (Phi) is 8.95. The van der Waals surface area contributed by atoms with Crippen LogP contribution in [0.4, 0.5) is 4.39 Å². The second-order valence-corrected chi connectivity index (χ2v) is 8.56. The monoisotopic (exact) mass is 508 g/mol. The minimum atomic E-state index is -1.06. The number of nitrogens with one attached hydrogen (secondary N) is 1. The van der Waals surface area contributed by atoms with Gasteiger partial charge < -0.3 is 19.5 Å². The van der Waals surface area contributed by atoms with Crippen molar-refractivity contribution in [3.05, 3.63) is 89.0 Å². The van der Waals surface area contributed by atoms with Crippen LogP contribution in [0.15, 0.2) is 60.8 Å². The molecular weight excluding hydrogens is 479 g/mol. The van der Waals surface area contributed by atoms with E-state index in [1.807, 2.05) is 31.2 Å². The molecule has 1 heterocycles. The summed E-state index contributed by atoms with van der Waals surface area (Å²) in [6.07, 6.45) is 0.673. The summed E-state index contributed by atoms with van der Waals surface area (Å²) < 4.78 is 29.6. The van der Waals surface area contributed by atoms with Gasteiger partial charge in [0.25, 0.3) is 5.91 Å². The van der Waals surface area contributed by atoms with Gasteiger partial charge in [0.15, 0.2) is 11.4 Å². The Morgan fingerprint density at radius 1 is 0.946 bits per heavy atom. The predicted molar refractivity (Wildman–Crippen MR) is 134 cm³/mol. The van der Waals surface area contributed by atoms with Crippen LogP contribution in [0.3, 0.4) is 0 Å². The highest BCUT2D eigenvalue weighted by molar-refractivity contribution is 5.98. The summed E-state index contributed by atoms with van der Waals surface area (Å²) in [6.45, 7) is 6.36. The molecule has 0 saturated heterocycles. The molecule has 0 fully saturated rings. The van der Waals surface area contributed by atoms with Gasteiger partial charge in [0, 0.05) is 25.1 Å². The molecule has 194 valence electrons. The number of pyridine rings is 1. The molecule has 1 aromatic heterocycles. The molecule has 0 radical (unpaired) electrons. The fourth-order valence-corrected chi connectivity index (χ4v) is 3.85. The van der Waals surface area contributed by atoms with Crippen molar-refractivity contribution < 1.29 is 33.0 Å². The number of carbonyl (C=O) groups is 3. The van der Waals surface area contributed by atoms with E-state index in [0.717, 1.165) is 16.7 Å². The average molecular weight is 509 g/mol. The maximum absolute atomic E-state index is 13.6. The zero-order valence-electron chi connectivity index (χ0n) is 21.3. The summed E-state index contributed by atoms with van der Waals surface area (Å²) in [4.78, 5) is 41.3. The van der Waals surface area contributed by atoms with Crippen LogP contribution in [0.25, 0.3) is 0 Å². The van der Waals surface area contributed by atoms with Crippen molar-refractivity contribution in [2.24, 2.45) is 0 Å². The lowest BCUT2D eigenvalue weighted by atomic mass is 9.87. The number of benzene rings is 2. The number of aromatic nitrogens is 1. The lowest BCUT2D eigenvalue weighted by Crippen LogP contribution is -2.41. The maximum atomic E-state index is 13.6. The number of methoxy groups -OCH3 is 1. The number of hydrogen-bond acceptors (Lipinski definition) is 7. The largest absolute Gasteiger partial charge is 0.493 e. The summed E-state index contributed by atoms with van der Waals surface area (Å²) in [7, 11) is 1.36. The highest BCUT2D eigenvalue weighted by Crippen LogP contribution is 2.31. The first-order valence-electron chi connectivity index (χ1n) is 11.7. The van der Waals surface area contributed by atoms with E-state index in [-0.39, 0.29) is 28.9 Å². The molecule has 0 aliphatic carbocycles. The van der Waals surface area contributed by atoms with E-state index in [4.69, 9.17) is 14.2 Å². The van der Waals surface area contributed by atoms with E-state index < -0.39 is 30.0 Å². The molecule has 3 aromatic rings. The van der Waals surface area contributed by atoms with Crippen molar-refractivity contribution in [3.8, 4) is 11.5 Å². The van der Waals surface area contributed by atoms with Crippen molar-refractivity contribution in [3.63, 3.8) is 0 Å². The summed E-state index contributed by atoms with van der Waals surface area (Å²) in [5.41, 5.74) is 2.52. The molecule has 8 nitrogen and oxygen atoms in total. The Labute approximate surface area is 214 Å². The summed E-state index contributed by atoms with van der Waals surface area (Å²) in [5.74, 6) is -2.85. The van der Waals surface area contributed by atoms with Gasteiger partial charge in [-0.2, -0.15) is 0 Å². The van der Waals surface area contributed by atoms with Crippen molar-refractivity contribution in [2.75, 3.05) is 7.11 Å². The van der Waals surface area contributed by atoms with Crippen LogP contribution in [-0.2, 0) is 14.3 Å². The Morgan fingerprint density at radius 3 is 2.11 bits per heavy atom. The predicted octanol–water partition coefficient (Wildman–Crippen LogP) is 4.35. The van der Waals surface area contributed by atoms with Crippen LogP contribution in [-0.4, -0.2) is 42.1 Å². The van der Waals surface area contributed by atoms with Gasteiger partial charge >= 0.3 is 11.9 Å². The number of carbonyl (C=O) groups excluding carboxylic acids is 3. The fraction of sp³-hybridized carbons (Fsp3) is 0.286. The van der Waals surface area contributed by atoms with E-state index in [2.05, 4.69) is 10.3 Å². The molecule has 1 N–H and O–H groups in total. The molecule has 37 heavy (non-hydrogen) atoms. The molecule has 2 aromatic carbocycles. The Balaban J connectivity index is 1.78. The van der Waals surface area contributed by atoms with Crippen LogP contribution >= 0.6 is 0 Å². The zero-order valence-corrected chi connectivity index (χ0v) is 21.3. The van der Waals surface area contributed by atoms with Gasteiger partial charge in [-0.25, -0.2) is 14.2 Å². The number of esters is 2. The molecular formula is C28H29FN2O6. The number of nitrogens with zero attached hydrogens (tertiary/aromatic N) is 1. The maximum Gasteiger partial charge on any atom is 0.328 e. The molecule has 3 rings (SSSR count). The van der Waals surface area contributed by atoms with E-state index in [1.54, 1.807) is 19.1 Å². The zero-order chi connectivity index (χ0) is 27.1. The third-order valence-corrected chi connectivity index (χ3v) is 5.69. The molecule has 1 amide bonds. The molecule has 0 aliphatic heterocycles. The Hall–Kier alpha value is -4.27. The van der Waals surface area contributed by atoms with Gasteiger partial charge in [-0.3, -0.25) is 9.59 Å². The number of amides is 1. The van der Waals surface area contributed by atoms with Crippen LogP contribution in [0, 0.1) is 12.7 Å². The van der Waals surface area contributed by atoms with Gasteiger partial charge in [-0.1, -0.05) is 42.0 Å². The molecule has 0 aliphatic rings. The molecule has 0 saturated carbocycles. The quantitative estimate of drug-likeness (QED) is 0.429. The van der Waals surface area contributed by atoms with Crippen LogP contribution < -0.4 is 14.8 Å². The highest BCUT2D eigenvalue weighted by atomic mass is 19.1. The van der Waals surface area contributed by atoms with Crippen molar-refractivity contribution in [1.29, 1.82) is 0 Å². The van der Waals surface area contributed by atoms with E-state index in [1.165, 1.54) is 45.4 Å². The number of hydrogen-bond donors (Lipinski definition) is 1. The summed E-state index contributed by atoms with van der Waals surface area (Å²) >= 11 is 0. The lowest BCUT2D eigenvalue weighted by molar-refractivity contribution is -0.150. The average Bonchev–Trinajstić information content (AvgIpc) is 2.86. The van der Waals surface area contributed by atoms with Crippen molar-refractivity contribution in [2.45, 2.75) is 45.8 Å². The van der Waals surface area contributed by atoms with E-state index >= 15 is 0 Å². The number of aryl methyl sites for hydroxylation is 1. The SMILES string of the molecule is COc1ccnc(C(=O)N[C@@H](C)C(=O)O[C@@H](C)[C@@H](c2ccc(C)cc2)c2ccc(F)cc2)c1OC(C)=O. The van der Waals surface area contributed by atoms with E-state index in [0.29, 0.717) is 0 Å². The Bertz CT molecular complexity index is 1220. The number of rotatable bonds is 9. The first-order valence-corrected chi connectivity index (χ1v) is 11.7. The molecule has 0 bridgehead atoms.